The molecule has 5 nitrogen and oxygen atoms in total. The second kappa shape index (κ2) is 7.41. The van der Waals surface area contributed by atoms with Gasteiger partial charge < -0.3 is 10.6 Å². The lowest BCUT2D eigenvalue weighted by molar-refractivity contribution is -0.385. The third-order valence-electron chi connectivity index (χ3n) is 4.20. The first kappa shape index (κ1) is 15.8. The van der Waals surface area contributed by atoms with Crippen molar-refractivity contribution in [2.24, 2.45) is 0 Å². The van der Waals surface area contributed by atoms with E-state index < -0.39 is 0 Å². The van der Waals surface area contributed by atoms with Crippen molar-refractivity contribution in [2.45, 2.75) is 58.0 Å². The van der Waals surface area contributed by atoms with Gasteiger partial charge in [-0.2, -0.15) is 0 Å². The quantitative estimate of drug-likeness (QED) is 0.642. The molecule has 1 fully saturated rings. The molecule has 2 atom stereocenters. The molecule has 1 heterocycles. The summed E-state index contributed by atoms with van der Waals surface area (Å²) in [4.78, 5) is 10.7. The van der Waals surface area contributed by atoms with E-state index in [1.54, 1.807) is 19.1 Å². The zero-order chi connectivity index (χ0) is 15.2. The summed E-state index contributed by atoms with van der Waals surface area (Å²) >= 11 is 0. The van der Waals surface area contributed by atoms with E-state index in [0.717, 1.165) is 18.7 Å². The summed E-state index contributed by atoms with van der Waals surface area (Å²) in [5.74, 6) is 0. The molecule has 1 saturated heterocycles. The Morgan fingerprint density at radius 3 is 3.00 bits per heavy atom. The summed E-state index contributed by atoms with van der Waals surface area (Å²) in [5.41, 5.74) is 1.76. The van der Waals surface area contributed by atoms with Crippen LogP contribution < -0.4 is 10.6 Å². The minimum Gasteiger partial charge on any atom is -0.382 e. The van der Waals surface area contributed by atoms with Gasteiger partial charge in [0.2, 0.25) is 0 Å². The van der Waals surface area contributed by atoms with Crippen LogP contribution in [-0.2, 0) is 0 Å². The second-order valence-corrected chi connectivity index (χ2v) is 5.99. The number of rotatable bonds is 5. The average molecular weight is 291 g/mol. The molecule has 1 aliphatic rings. The van der Waals surface area contributed by atoms with E-state index in [4.69, 9.17) is 0 Å². The summed E-state index contributed by atoms with van der Waals surface area (Å²) in [6.07, 6.45) is 6.14. The molecule has 0 amide bonds. The highest BCUT2D eigenvalue weighted by molar-refractivity contribution is 5.60. The summed E-state index contributed by atoms with van der Waals surface area (Å²) in [5, 5.41) is 18.0. The maximum atomic E-state index is 11.0. The van der Waals surface area contributed by atoms with E-state index in [-0.39, 0.29) is 10.6 Å². The fraction of sp³-hybridized carbons (Fsp3) is 0.625. The minimum atomic E-state index is -0.321. The first-order valence-corrected chi connectivity index (χ1v) is 7.82. The van der Waals surface area contributed by atoms with Crippen LogP contribution in [0.2, 0.25) is 0 Å². The van der Waals surface area contributed by atoms with Gasteiger partial charge in [0.1, 0.15) is 0 Å². The van der Waals surface area contributed by atoms with Gasteiger partial charge in [0.15, 0.2) is 0 Å². The van der Waals surface area contributed by atoms with Crippen molar-refractivity contribution in [3.8, 4) is 0 Å². The lowest BCUT2D eigenvalue weighted by Gasteiger charge is -2.23. The summed E-state index contributed by atoms with van der Waals surface area (Å²) in [7, 11) is 0. The fourth-order valence-electron chi connectivity index (χ4n) is 3.03. The molecule has 2 rings (SSSR count). The summed E-state index contributed by atoms with van der Waals surface area (Å²) in [6.45, 7) is 5.05. The molecule has 2 N–H and O–H groups in total. The highest BCUT2D eigenvalue weighted by atomic mass is 16.6. The molecule has 0 radical (unpaired) electrons. The smallest absolute Gasteiger partial charge is 0.274 e. The van der Waals surface area contributed by atoms with E-state index in [9.17, 15) is 10.1 Å². The number of anilines is 1. The molecule has 2 unspecified atom stereocenters. The first-order valence-electron chi connectivity index (χ1n) is 7.82. The number of hydrogen-bond acceptors (Lipinski definition) is 4. The molecule has 0 saturated carbocycles. The van der Waals surface area contributed by atoms with Crippen molar-refractivity contribution in [3.63, 3.8) is 0 Å². The van der Waals surface area contributed by atoms with Crippen molar-refractivity contribution in [3.05, 3.63) is 33.9 Å². The molecule has 21 heavy (non-hydrogen) atoms. The number of nitrogens with zero attached hydrogens (tertiary/aromatic N) is 1. The number of benzene rings is 1. The average Bonchev–Trinajstić information content (AvgIpc) is 2.69. The van der Waals surface area contributed by atoms with E-state index in [2.05, 4.69) is 17.6 Å². The molecule has 0 aliphatic carbocycles. The zero-order valence-electron chi connectivity index (χ0n) is 12.9. The Bertz CT molecular complexity index is 482. The molecule has 1 aromatic carbocycles. The SMILES string of the molecule is Cc1c(NC(C)CC2CCCCCN2)cccc1[N+](=O)[O-]. The molecule has 0 bridgehead atoms. The number of nitrogens with one attached hydrogen (secondary N) is 2. The molecule has 5 heteroatoms. The molecular weight excluding hydrogens is 266 g/mol. The summed E-state index contributed by atoms with van der Waals surface area (Å²) in [6, 6.07) is 6.05. The largest absolute Gasteiger partial charge is 0.382 e. The Hall–Kier alpha value is -1.62. The lowest BCUT2D eigenvalue weighted by Crippen LogP contribution is -2.33. The van der Waals surface area contributed by atoms with Crippen LogP contribution in [0.1, 0.15) is 44.6 Å². The Labute approximate surface area is 126 Å². The highest BCUT2D eigenvalue weighted by Gasteiger charge is 2.17. The Morgan fingerprint density at radius 1 is 1.43 bits per heavy atom. The van der Waals surface area contributed by atoms with E-state index >= 15 is 0 Å². The van der Waals surface area contributed by atoms with Crippen LogP contribution in [0.15, 0.2) is 18.2 Å². The molecule has 1 aromatic rings. The minimum absolute atomic E-state index is 0.180. The molecule has 1 aliphatic heterocycles. The van der Waals surface area contributed by atoms with Gasteiger partial charge in [-0.15, -0.1) is 0 Å². The van der Waals surface area contributed by atoms with Crippen molar-refractivity contribution < 1.29 is 4.92 Å². The standard InChI is InChI=1S/C16H25N3O2/c1-12(11-14-7-4-3-5-10-17-14)18-15-8-6-9-16(13(15)2)19(20)21/h6,8-9,12,14,17-18H,3-5,7,10-11H2,1-2H3. The van der Waals surface area contributed by atoms with Gasteiger partial charge in [-0.3, -0.25) is 10.1 Å². The maximum Gasteiger partial charge on any atom is 0.274 e. The Balaban J connectivity index is 1.97. The zero-order valence-corrected chi connectivity index (χ0v) is 12.9. The number of nitro benzene ring substituents is 1. The van der Waals surface area contributed by atoms with Crippen molar-refractivity contribution in [1.82, 2.24) is 5.32 Å². The Kier molecular flexibility index (Phi) is 5.56. The summed E-state index contributed by atoms with van der Waals surface area (Å²) < 4.78 is 0. The van der Waals surface area contributed by atoms with Crippen LogP contribution in [0.5, 0.6) is 0 Å². The third-order valence-corrected chi connectivity index (χ3v) is 4.20. The van der Waals surface area contributed by atoms with Gasteiger partial charge in [-0.05, 0) is 45.7 Å². The molecule has 116 valence electrons. The molecular formula is C16H25N3O2. The van der Waals surface area contributed by atoms with Gasteiger partial charge in [-0.25, -0.2) is 0 Å². The second-order valence-electron chi connectivity index (χ2n) is 5.99. The van der Waals surface area contributed by atoms with Crippen LogP contribution >= 0.6 is 0 Å². The predicted molar refractivity (Wildman–Crippen MR) is 85.8 cm³/mol. The monoisotopic (exact) mass is 291 g/mol. The molecule has 0 spiro atoms. The lowest BCUT2D eigenvalue weighted by atomic mass is 10.0. The van der Waals surface area contributed by atoms with Gasteiger partial charge in [0, 0.05) is 29.4 Å². The van der Waals surface area contributed by atoms with Gasteiger partial charge in [-0.1, -0.05) is 18.9 Å². The van der Waals surface area contributed by atoms with Crippen molar-refractivity contribution in [1.29, 1.82) is 0 Å². The van der Waals surface area contributed by atoms with Gasteiger partial charge in [0.25, 0.3) is 5.69 Å². The fourth-order valence-corrected chi connectivity index (χ4v) is 3.03. The highest BCUT2D eigenvalue weighted by Crippen LogP contribution is 2.26. The van der Waals surface area contributed by atoms with Gasteiger partial charge >= 0.3 is 0 Å². The normalized spacial score (nSPS) is 20.6. The van der Waals surface area contributed by atoms with E-state index in [0.29, 0.717) is 17.6 Å². The number of hydrogen-bond donors (Lipinski definition) is 2. The van der Waals surface area contributed by atoms with Crippen molar-refractivity contribution in [2.75, 3.05) is 11.9 Å². The number of nitro groups is 1. The van der Waals surface area contributed by atoms with E-state index in [1.165, 1.54) is 25.7 Å². The van der Waals surface area contributed by atoms with Gasteiger partial charge in [0.05, 0.1) is 4.92 Å². The van der Waals surface area contributed by atoms with Crippen LogP contribution in [-0.4, -0.2) is 23.6 Å². The van der Waals surface area contributed by atoms with Crippen LogP contribution in [0.25, 0.3) is 0 Å². The first-order chi connectivity index (χ1) is 10.1. The third kappa shape index (κ3) is 4.43. The molecule has 0 aromatic heterocycles. The van der Waals surface area contributed by atoms with E-state index in [1.807, 2.05) is 6.07 Å². The Morgan fingerprint density at radius 2 is 2.24 bits per heavy atom. The van der Waals surface area contributed by atoms with Crippen LogP contribution in [0.4, 0.5) is 11.4 Å². The predicted octanol–water partition coefficient (Wildman–Crippen LogP) is 3.63. The van der Waals surface area contributed by atoms with Crippen LogP contribution in [0.3, 0.4) is 0 Å². The van der Waals surface area contributed by atoms with Crippen LogP contribution in [0, 0.1) is 17.0 Å². The topological polar surface area (TPSA) is 67.2 Å². The van der Waals surface area contributed by atoms with Crippen molar-refractivity contribution >= 4 is 11.4 Å². The maximum absolute atomic E-state index is 11.0.